The van der Waals surface area contributed by atoms with Crippen LogP contribution in [0.2, 0.25) is 0 Å². The van der Waals surface area contributed by atoms with Gasteiger partial charge in [0, 0.05) is 23.8 Å². The van der Waals surface area contributed by atoms with E-state index in [0.29, 0.717) is 5.75 Å². The normalized spacial score (nSPS) is 14.1. The topological polar surface area (TPSA) is 45.2 Å². The van der Waals surface area contributed by atoms with Crippen LogP contribution in [0.3, 0.4) is 0 Å². The molecule has 3 heteroatoms. The number of phenols is 1. The molecule has 0 aliphatic heterocycles. The summed E-state index contributed by atoms with van der Waals surface area (Å²) in [6.07, 6.45) is 1.79. The molecule has 3 nitrogen and oxygen atoms in total. The third-order valence-electron chi connectivity index (χ3n) is 3.03. The van der Waals surface area contributed by atoms with E-state index in [2.05, 4.69) is 17.2 Å². The van der Waals surface area contributed by atoms with Crippen molar-refractivity contribution in [2.45, 2.75) is 25.9 Å². The standard InChI is InChI=1S/C15H18N2O/c1-11(13-7-3-4-9-15(13)18)17-12(2)14-8-5-6-10-16-14/h3-12,17-18H,1-2H3/t11?,12-/m1/s1. The third-order valence-corrected chi connectivity index (χ3v) is 3.03. The van der Waals surface area contributed by atoms with E-state index in [1.807, 2.05) is 43.3 Å². The Morgan fingerprint density at radius 1 is 1.00 bits per heavy atom. The molecule has 0 fully saturated rings. The van der Waals surface area contributed by atoms with E-state index in [9.17, 15) is 5.11 Å². The van der Waals surface area contributed by atoms with Gasteiger partial charge in [-0.1, -0.05) is 24.3 Å². The van der Waals surface area contributed by atoms with Gasteiger partial charge in [0.2, 0.25) is 0 Å². The zero-order valence-electron chi connectivity index (χ0n) is 10.7. The second-order valence-corrected chi connectivity index (χ2v) is 4.42. The first-order valence-electron chi connectivity index (χ1n) is 6.13. The summed E-state index contributed by atoms with van der Waals surface area (Å²) >= 11 is 0. The van der Waals surface area contributed by atoms with Gasteiger partial charge in [-0.15, -0.1) is 0 Å². The molecule has 1 aromatic carbocycles. The minimum atomic E-state index is 0.0724. The van der Waals surface area contributed by atoms with Crippen LogP contribution >= 0.6 is 0 Å². The third kappa shape index (κ3) is 2.87. The SMILES string of the molecule is CC(N[C@H](C)c1ccccn1)c1ccccc1O. The van der Waals surface area contributed by atoms with Crippen LogP contribution in [0.25, 0.3) is 0 Å². The molecule has 0 radical (unpaired) electrons. The van der Waals surface area contributed by atoms with Crippen molar-refractivity contribution in [3.8, 4) is 5.75 Å². The number of rotatable bonds is 4. The lowest BCUT2D eigenvalue weighted by Gasteiger charge is -2.20. The fourth-order valence-electron chi connectivity index (χ4n) is 2.04. The van der Waals surface area contributed by atoms with Gasteiger partial charge in [-0.05, 0) is 32.0 Å². The molecule has 0 saturated carbocycles. The Hall–Kier alpha value is -1.87. The molecule has 18 heavy (non-hydrogen) atoms. The van der Waals surface area contributed by atoms with Gasteiger partial charge < -0.3 is 10.4 Å². The number of aromatic hydroxyl groups is 1. The Labute approximate surface area is 108 Å². The van der Waals surface area contributed by atoms with Gasteiger partial charge in [-0.2, -0.15) is 0 Å². The van der Waals surface area contributed by atoms with Crippen LogP contribution in [0, 0.1) is 0 Å². The van der Waals surface area contributed by atoms with Crippen molar-refractivity contribution in [3.05, 3.63) is 59.9 Å². The number of hydrogen-bond acceptors (Lipinski definition) is 3. The Bertz CT molecular complexity index is 499. The molecule has 94 valence electrons. The lowest BCUT2D eigenvalue weighted by Crippen LogP contribution is -2.23. The fourth-order valence-corrected chi connectivity index (χ4v) is 2.04. The molecule has 0 amide bonds. The van der Waals surface area contributed by atoms with E-state index in [0.717, 1.165) is 11.3 Å². The summed E-state index contributed by atoms with van der Waals surface area (Å²) in [4.78, 5) is 4.32. The van der Waals surface area contributed by atoms with Gasteiger partial charge in [0.15, 0.2) is 0 Å². The smallest absolute Gasteiger partial charge is 0.120 e. The molecular weight excluding hydrogens is 224 g/mol. The summed E-state index contributed by atoms with van der Waals surface area (Å²) < 4.78 is 0. The Morgan fingerprint density at radius 2 is 1.72 bits per heavy atom. The van der Waals surface area contributed by atoms with Crippen LogP contribution in [0.4, 0.5) is 0 Å². The predicted octanol–water partition coefficient (Wildman–Crippen LogP) is 3.20. The number of para-hydroxylation sites is 1. The first kappa shape index (κ1) is 12.6. The summed E-state index contributed by atoms with van der Waals surface area (Å²) in [7, 11) is 0. The van der Waals surface area contributed by atoms with Gasteiger partial charge in [0.25, 0.3) is 0 Å². The highest BCUT2D eigenvalue weighted by atomic mass is 16.3. The van der Waals surface area contributed by atoms with Crippen LogP contribution in [0.1, 0.15) is 37.2 Å². The monoisotopic (exact) mass is 242 g/mol. The molecule has 0 aliphatic rings. The minimum Gasteiger partial charge on any atom is -0.508 e. The largest absolute Gasteiger partial charge is 0.508 e. The van der Waals surface area contributed by atoms with Crippen molar-refractivity contribution in [1.29, 1.82) is 0 Å². The van der Waals surface area contributed by atoms with Crippen LogP contribution < -0.4 is 5.32 Å². The van der Waals surface area contributed by atoms with Crippen LogP contribution in [-0.4, -0.2) is 10.1 Å². The summed E-state index contributed by atoms with van der Waals surface area (Å²) in [6.45, 7) is 4.10. The highest BCUT2D eigenvalue weighted by Crippen LogP contribution is 2.25. The second-order valence-electron chi connectivity index (χ2n) is 4.42. The number of hydrogen-bond donors (Lipinski definition) is 2. The predicted molar refractivity (Wildman–Crippen MR) is 72.3 cm³/mol. The quantitative estimate of drug-likeness (QED) is 0.865. The molecule has 1 unspecified atom stereocenters. The van der Waals surface area contributed by atoms with E-state index in [-0.39, 0.29) is 12.1 Å². The lowest BCUT2D eigenvalue weighted by atomic mass is 10.1. The van der Waals surface area contributed by atoms with Crippen molar-refractivity contribution in [2.24, 2.45) is 0 Å². The molecule has 1 heterocycles. The maximum Gasteiger partial charge on any atom is 0.120 e. The summed E-state index contributed by atoms with van der Waals surface area (Å²) in [6, 6.07) is 13.5. The Morgan fingerprint density at radius 3 is 2.39 bits per heavy atom. The zero-order valence-corrected chi connectivity index (χ0v) is 10.7. The minimum absolute atomic E-state index is 0.0724. The van der Waals surface area contributed by atoms with Gasteiger partial charge in [-0.25, -0.2) is 0 Å². The molecular formula is C15H18N2O. The van der Waals surface area contributed by atoms with E-state index < -0.39 is 0 Å². The first-order chi connectivity index (χ1) is 8.68. The van der Waals surface area contributed by atoms with Crippen molar-refractivity contribution in [2.75, 3.05) is 0 Å². The number of pyridine rings is 1. The Balaban J connectivity index is 2.08. The molecule has 2 rings (SSSR count). The molecule has 2 atom stereocenters. The number of phenolic OH excluding ortho intramolecular Hbond substituents is 1. The summed E-state index contributed by atoms with van der Waals surface area (Å²) in [5, 5.41) is 13.2. The molecule has 0 bridgehead atoms. The molecule has 0 saturated heterocycles. The Kier molecular flexibility index (Phi) is 3.95. The average Bonchev–Trinajstić information content (AvgIpc) is 2.40. The van der Waals surface area contributed by atoms with Gasteiger partial charge in [-0.3, -0.25) is 4.98 Å². The molecule has 2 aromatic rings. The van der Waals surface area contributed by atoms with Crippen molar-refractivity contribution >= 4 is 0 Å². The number of benzene rings is 1. The van der Waals surface area contributed by atoms with Crippen molar-refractivity contribution in [1.82, 2.24) is 10.3 Å². The number of nitrogens with zero attached hydrogens (tertiary/aromatic N) is 1. The van der Waals surface area contributed by atoms with Crippen molar-refractivity contribution in [3.63, 3.8) is 0 Å². The molecule has 0 spiro atoms. The zero-order chi connectivity index (χ0) is 13.0. The average molecular weight is 242 g/mol. The number of aromatic nitrogens is 1. The van der Waals surface area contributed by atoms with Crippen LogP contribution in [-0.2, 0) is 0 Å². The highest BCUT2D eigenvalue weighted by Gasteiger charge is 2.13. The first-order valence-corrected chi connectivity index (χ1v) is 6.13. The van der Waals surface area contributed by atoms with E-state index in [1.165, 1.54) is 0 Å². The van der Waals surface area contributed by atoms with E-state index in [1.54, 1.807) is 12.3 Å². The maximum atomic E-state index is 9.81. The second kappa shape index (κ2) is 5.65. The van der Waals surface area contributed by atoms with E-state index >= 15 is 0 Å². The number of nitrogens with one attached hydrogen (secondary N) is 1. The van der Waals surface area contributed by atoms with Gasteiger partial charge in [0.1, 0.15) is 5.75 Å². The van der Waals surface area contributed by atoms with Crippen LogP contribution in [0.5, 0.6) is 5.75 Å². The highest BCUT2D eigenvalue weighted by molar-refractivity contribution is 5.34. The molecule has 1 aromatic heterocycles. The van der Waals surface area contributed by atoms with Crippen molar-refractivity contribution < 1.29 is 5.11 Å². The van der Waals surface area contributed by atoms with Gasteiger partial charge >= 0.3 is 0 Å². The molecule has 0 aliphatic carbocycles. The van der Waals surface area contributed by atoms with E-state index in [4.69, 9.17) is 0 Å². The van der Waals surface area contributed by atoms with Gasteiger partial charge in [0.05, 0.1) is 5.69 Å². The van der Waals surface area contributed by atoms with Crippen LogP contribution in [0.15, 0.2) is 48.7 Å². The molecule has 2 N–H and O–H groups in total. The summed E-state index contributed by atoms with van der Waals surface area (Å²) in [5.74, 6) is 0.325. The summed E-state index contributed by atoms with van der Waals surface area (Å²) in [5.41, 5.74) is 1.90. The maximum absolute atomic E-state index is 9.81. The lowest BCUT2D eigenvalue weighted by molar-refractivity contribution is 0.436. The fraction of sp³-hybridized carbons (Fsp3) is 0.267.